The van der Waals surface area contributed by atoms with Gasteiger partial charge in [-0.2, -0.15) is 5.10 Å². The fourth-order valence-corrected chi connectivity index (χ4v) is 2.07. The van der Waals surface area contributed by atoms with Crippen molar-refractivity contribution in [2.45, 2.75) is 18.5 Å². The maximum absolute atomic E-state index is 11.1. The molecule has 0 aliphatic rings. The first-order valence-corrected chi connectivity index (χ1v) is 6.32. The zero-order chi connectivity index (χ0) is 11.6. The molecule has 6 nitrogen and oxygen atoms in total. The van der Waals surface area contributed by atoms with E-state index in [0.29, 0.717) is 0 Å². The fourth-order valence-electron chi connectivity index (χ4n) is 1.03. The number of carbonyl (C=O) groups excluding carboxylic acids is 1. The number of aromatic nitrogens is 2. The van der Waals surface area contributed by atoms with Gasteiger partial charge in [0.05, 0.1) is 7.11 Å². The van der Waals surface area contributed by atoms with Gasteiger partial charge in [0.2, 0.25) is 0 Å². The summed E-state index contributed by atoms with van der Waals surface area (Å²) >= 11 is 0. The summed E-state index contributed by atoms with van der Waals surface area (Å²) in [6.45, 7) is 1.97. The maximum atomic E-state index is 11.1. The lowest BCUT2D eigenvalue weighted by molar-refractivity contribution is 0.0593. The van der Waals surface area contributed by atoms with E-state index >= 15 is 0 Å². The molecule has 0 N–H and O–H groups in total. The van der Waals surface area contributed by atoms with Crippen molar-refractivity contribution in [2.75, 3.05) is 7.11 Å². The summed E-state index contributed by atoms with van der Waals surface area (Å²) in [7, 11) is 2.44. The van der Waals surface area contributed by atoms with Gasteiger partial charge in [0.25, 0.3) is 9.05 Å². The standard InChI is InChI=1S/C7H9ClN2O4S/c1-3-10-6(15(8,12)13)4-5(9-10)7(11)14-2/h4H,3H2,1-2H3. The number of esters is 1. The molecular formula is C7H9ClN2O4S. The van der Waals surface area contributed by atoms with E-state index in [0.717, 1.165) is 10.7 Å². The Morgan fingerprint density at radius 2 is 2.27 bits per heavy atom. The first kappa shape index (κ1) is 12.0. The van der Waals surface area contributed by atoms with Crippen LogP contribution in [0.25, 0.3) is 0 Å². The minimum absolute atomic E-state index is 0.0847. The van der Waals surface area contributed by atoms with Gasteiger partial charge < -0.3 is 4.74 Å². The lowest BCUT2D eigenvalue weighted by Crippen LogP contribution is -2.06. The molecule has 0 saturated heterocycles. The third-order valence-corrected chi connectivity index (χ3v) is 2.99. The molecule has 1 rings (SSSR count). The van der Waals surface area contributed by atoms with E-state index in [9.17, 15) is 13.2 Å². The third-order valence-electron chi connectivity index (χ3n) is 1.69. The van der Waals surface area contributed by atoms with Crippen molar-refractivity contribution < 1.29 is 17.9 Å². The van der Waals surface area contributed by atoms with Gasteiger partial charge in [-0.05, 0) is 6.92 Å². The Morgan fingerprint density at radius 1 is 1.67 bits per heavy atom. The van der Waals surface area contributed by atoms with Crippen LogP contribution in [-0.2, 0) is 20.3 Å². The van der Waals surface area contributed by atoms with Gasteiger partial charge in [0, 0.05) is 23.3 Å². The second-order valence-electron chi connectivity index (χ2n) is 2.61. The highest BCUT2D eigenvalue weighted by atomic mass is 35.7. The van der Waals surface area contributed by atoms with Crippen molar-refractivity contribution >= 4 is 25.7 Å². The van der Waals surface area contributed by atoms with E-state index in [2.05, 4.69) is 9.84 Å². The molecule has 84 valence electrons. The predicted octanol–water partition coefficient (Wildman–Crippen LogP) is 0.617. The molecule has 0 saturated carbocycles. The van der Waals surface area contributed by atoms with Crippen molar-refractivity contribution in [3.63, 3.8) is 0 Å². The van der Waals surface area contributed by atoms with Gasteiger partial charge in [-0.3, -0.25) is 4.68 Å². The molecule has 0 aliphatic carbocycles. The number of rotatable bonds is 3. The molecule has 0 fully saturated rings. The van der Waals surface area contributed by atoms with Gasteiger partial charge in [0.1, 0.15) is 0 Å². The molecule has 0 aromatic carbocycles. The Bertz CT molecular complexity index is 479. The van der Waals surface area contributed by atoms with Gasteiger partial charge >= 0.3 is 5.97 Å². The minimum atomic E-state index is -3.90. The topological polar surface area (TPSA) is 78.3 Å². The van der Waals surface area contributed by atoms with E-state index in [-0.39, 0.29) is 17.3 Å². The predicted molar refractivity (Wildman–Crippen MR) is 52.3 cm³/mol. The molecule has 1 heterocycles. The van der Waals surface area contributed by atoms with Gasteiger partial charge in [-0.1, -0.05) is 0 Å². The number of ether oxygens (including phenoxy) is 1. The van der Waals surface area contributed by atoms with Crippen molar-refractivity contribution in [1.29, 1.82) is 0 Å². The zero-order valence-corrected chi connectivity index (χ0v) is 9.67. The Labute approximate surface area is 91.2 Å². The molecule has 0 spiro atoms. The minimum Gasteiger partial charge on any atom is -0.464 e. The Morgan fingerprint density at radius 3 is 2.60 bits per heavy atom. The van der Waals surface area contributed by atoms with Crippen LogP contribution in [0.1, 0.15) is 17.4 Å². The number of nitrogens with zero attached hydrogens (tertiary/aromatic N) is 2. The number of halogens is 1. The third kappa shape index (κ3) is 2.48. The zero-order valence-electron chi connectivity index (χ0n) is 8.10. The van der Waals surface area contributed by atoms with Gasteiger partial charge in [-0.15, -0.1) is 0 Å². The second-order valence-corrected chi connectivity index (χ2v) is 5.13. The average molecular weight is 253 g/mol. The van der Waals surface area contributed by atoms with Crippen molar-refractivity contribution in [3.05, 3.63) is 11.8 Å². The number of aryl methyl sites for hydroxylation is 1. The van der Waals surface area contributed by atoms with E-state index in [1.54, 1.807) is 6.92 Å². The largest absolute Gasteiger partial charge is 0.464 e. The van der Waals surface area contributed by atoms with Crippen LogP contribution in [-0.4, -0.2) is 31.3 Å². The molecule has 0 unspecified atom stereocenters. The molecule has 0 atom stereocenters. The number of hydrogen-bond donors (Lipinski definition) is 0. The van der Waals surface area contributed by atoms with Crippen molar-refractivity contribution in [2.24, 2.45) is 0 Å². The second kappa shape index (κ2) is 4.19. The molecule has 0 bridgehead atoms. The highest BCUT2D eigenvalue weighted by Crippen LogP contribution is 2.16. The normalized spacial score (nSPS) is 11.4. The van der Waals surface area contributed by atoms with E-state index in [1.807, 2.05) is 0 Å². The first-order chi connectivity index (χ1) is 6.90. The van der Waals surface area contributed by atoms with Crippen LogP contribution in [0.5, 0.6) is 0 Å². The number of hydrogen-bond acceptors (Lipinski definition) is 5. The van der Waals surface area contributed by atoms with Crippen LogP contribution in [0.2, 0.25) is 0 Å². The van der Waals surface area contributed by atoms with Crippen LogP contribution >= 0.6 is 10.7 Å². The Kier molecular flexibility index (Phi) is 3.35. The molecular weight excluding hydrogens is 244 g/mol. The lowest BCUT2D eigenvalue weighted by atomic mass is 10.4. The molecule has 1 aromatic rings. The molecule has 0 amide bonds. The van der Waals surface area contributed by atoms with Crippen LogP contribution in [0.3, 0.4) is 0 Å². The summed E-state index contributed by atoms with van der Waals surface area (Å²) in [6, 6.07) is 1.08. The molecule has 0 radical (unpaired) electrons. The summed E-state index contributed by atoms with van der Waals surface area (Å²) < 4.78 is 27.7. The highest BCUT2D eigenvalue weighted by Gasteiger charge is 2.21. The van der Waals surface area contributed by atoms with Crippen LogP contribution in [0, 0.1) is 0 Å². The monoisotopic (exact) mass is 252 g/mol. The van der Waals surface area contributed by atoms with E-state index in [4.69, 9.17) is 10.7 Å². The molecule has 15 heavy (non-hydrogen) atoms. The highest BCUT2D eigenvalue weighted by molar-refractivity contribution is 8.13. The summed E-state index contributed by atoms with van der Waals surface area (Å²) in [6.07, 6.45) is 0. The maximum Gasteiger partial charge on any atom is 0.358 e. The molecule has 8 heteroatoms. The van der Waals surface area contributed by atoms with Gasteiger partial charge in [0.15, 0.2) is 10.7 Å². The summed E-state index contributed by atoms with van der Waals surface area (Å²) in [5, 5.41) is 3.53. The summed E-state index contributed by atoms with van der Waals surface area (Å²) in [4.78, 5) is 11.1. The average Bonchev–Trinajstić information content (AvgIpc) is 2.59. The van der Waals surface area contributed by atoms with Crippen molar-refractivity contribution in [1.82, 2.24) is 9.78 Å². The quantitative estimate of drug-likeness (QED) is 0.582. The van der Waals surface area contributed by atoms with E-state index in [1.165, 1.54) is 7.11 Å². The molecule has 0 aliphatic heterocycles. The number of methoxy groups -OCH3 is 1. The molecule has 1 aromatic heterocycles. The van der Waals surface area contributed by atoms with E-state index < -0.39 is 15.0 Å². The van der Waals surface area contributed by atoms with Gasteiger partial charge in [-0.25, -0.2) is 13.2 Å². The van der Waals surface area contributed by atoms with Crippen molar-refractivity contribution in [3.8, 4) is 0 Å². The Balaban J connectivity index is 3.30. The van der Waals surface area contributed by atoms with Crippen LogP contribution < -0.4 is 0 Å². The summed E-state index contributed by atoms with van der Waals surface area (Å²) in [5.41, 5.74) is -0.0847. The lowest BCUT2D eigenvalue weighted by Gasteiger charge is -1.98. The fraction of sp³-hybridized carbons (Fsp3) is 0.429. The number of carbonyl (C=O) groups is 1. The SMILES string of the molecule is CCn1nc(C(=O)OC)cc1S(=O)(=O)Cl. The van der Waals surface area contributed by atoms with Crippen LogP contribution in [0.4, 0.5) is 0 Å². The summed E-state index contributed by atoms with van der Waals surface area (Å²) in [5.74, 6) is -0.705. The van der Waals surface area contributed by atoms with Crippen LogP contribution in [0.15, 0.2) is 11.1 Å². The Hall–Kier alpha value is -1.08. The smallest absolute Gasteiger partial charge is 0.358 e. The first-order valence-electron chi connectivity index (χ1n) is 4.01.